The lowest BCUT2D eigenvalue weighted by molar-refractivity contribution is -0.385. The lowest BCUT2D eigenvalue weighted by Gasteiger charge is -2.07. The minimum Gasteiger partial charge on any atom is -0.368 e. The van der Waals surface area contributed by atoms with Gasteiger partial charge in [0.2, 0.25) is 5.88 Å². The van der Waals surface area contributed by atoms with Crippen LogP contribution in [0.2, 0.25) is 0 Å². The van der Waals surface area contributed by atoms with Crippen molar-refractivity contribution in [3.63, 3.8) is 0 Å². The Bertz CT molecular complexity index is 653. The summed E-state index contributed by atoms with van der Waals surface area (Å²) in [7, 11) is 0. The zero-order valence-electron chi connectivity index (χ0n) is 9.72. The number of nitrogen functional groups attached to an aromatic ring is 1. The van der Waals surface area contributed by atoms with Gasteiger partial charge in [0.15, 0.2) is 0 Å². The second-order valence-electron chi connectivity index (χ2n) is 3.81. The molecule has 0 spiro atoms. The second kappa shape index (κ2) is 4.79. The molecule has 2 heterocycles. The van der Waals surface area contributed by atoms with E-state index in [0.29, 0.717) is 6.07 Å². The van der Waals surface area contributed by atoms with Gasteiger partial charge in [0.25, 0.3) is 5.69 Å². The molecule has 0 fully saturated rings. The molecule has 2 aromatic rings. The molecule has 7 nitrogen and oxygen atoms in total. The molecule has 2 rings (SSSR count). The number of rotatable bonds is 3. The standard InChI is InChI=1S/C10H7F3N4O3/c11-10(12,13)8-2-1-7(17(18)19)6(15-8)3-5-4-9(14)20-16-5/h1-2,4H,3,14H2. The summed E-state index contributed by atoms with van der Waals surface area (Å²) in [6.45, 7) is 0. The van der Waals surface area contributed by atoms with Gasteiger partial charge >= 0.3 is 6.18 Å². The maximum atomic E-state index is 12.6. The van der Waals surface area contributed by atoms with Crippen LogP contribution in [-0.2, 0) is 12.6 Å². The van der Waals surface area contributed by atoms with Crippen molar-refractivity contribution in [2.24, 2.45) is 0 Å². The van der Waals surface area contributed by atoms with Crippen molar-refractivity contribution in [3.05, 3.63) is 45.4 Å². The number of aromatic nitrogens is 2. The van der Waals surface area contributed by atoms with Crippen molar-refractivity contribution in [2.75, 3.05) is 5.73 Å². The highest BCUT2D eigenvalue weighted by atomic mass is 19.4. The van der Waals surface area contributed by atoms with E-state index in [1.807, 2.05) is 0 Å². The first-order chi connectivity index (χ1) is 9.27. The maximum absolute atomic E-state index is 12.6. The molecular weight excluding hydrogens is 281 g/mol. The number of hydrogen-bond donors (Lipinski definition) is 1. The van der Waals surface area contributed by atoms with Gasteiger partial charge in [-0.25, -0.2) is 4.98 Å². The first kappa shape index (κ1) is 13.8. The molecule has 0 saturated carbocycles. The Morgan fingerprint density at radius 1 is 1.40 bits per heavy atom. The smallest absolute Gasteiger partial charge is 0.368 e. The van der Waals surface area contributed by atoms with E-state index in [4.69, 9.17) is 5.73 Å². The van der Waals surface area contributed by atoms with Gasteiger partial charge in [0.1, 0.15) is 11.4 Å². The summed E-state index contributed by atoms with van der Waals surface area (Å²) in [5.74, 6) is -0.0466. The Balaban J connectivity index is 2.44. The van der Waals surface area contributed by atoms with Crippen LogP contribution in [0, 0.1) is 10.1 Å². The van der Waals surface area contributed by atoms with Gasteiger partial charge in [0.05, 0.1) is 10.6 Å². The van der Waals surface area contributed by atoms with Crippen LogP contribution in [-0.4, -0.2) is 15.1 Å². The average molecular weight is 288 g/mol. The van der Waals surface area contributed by atoms with Crippen LogP contribution < -0.4 is 5.73 Å². The fourth-order valence-corrected chi connectivity index (χ4v) is 1.53. The minimum atomic E-state index is -4.69. The highest BCUT2D eigenvalue weighted by Gasteiger charge is 2.34. The zero-order chi connectivity index (χ0) is 14.9. The highest BCUT2D eigenvalue weighted by Crippen LogP contribution is 2.30. The van der Waals surface area contributed by atoms with Gasteiger partial charge in [-0.3, -0.25) is 10.1 Å². The molecule has 2 N–H and O–H groups in total. The van der Waals surface area contributed by atoms with Crippen molar-refractivity contribution in [3.8, 4) is 0 Å². The van der Waals surface area contributed by atoms with Crippen molar-refractivity contribution in [1.82, 2.24) is 10.1 Å². The Kier molecular flexibility index (Phi) is 3.30. The zero-order valence-corrected chi connectivity index (χ0v) is 9.72. The number of nitrogens with zero attached hydrogens (tertiary/aromatic N) is 3. The number of halogens is 3. The fraction of sp³-hybridized carbons (Fsp3) is 0.200. The number of anilines is 1. The van der Waals surface area contributed by atoms with Crippen LogP contribution in [0.4, 0.5) is 24.7 Å². The van der Waals surface area contributed by atoms with E-state index in [-0.39, 0.29) is 23.7 Å². The molecular formula is C10H7F3N4O3. The van der Waals surface area contributed by atoms with Crippen molar-refractivity contribution in [2.45, 2.75) is 12.6 Å². The van der Waals surface area contributed by atoms with Gasteiger partial charge in [-0.2, -0.15) is 13.2 Å². The normalized spacial score (nSPS) is 11.6. The summed E-state index contributed by atoms with van der Waals surface area (Å²) in [5.41, 5.74) is 3.31. The average Bonchev–Trinajstić information content (AvgIpc) is 2.73. The van der Waals surface area contributed by atoms with Crippen LogP contribution >= 0.6 is 0 Å². The molecule has 0 amide bonds. The van der Waals surface area contributed by atoms with E-state index >= 15 is 0 Å². The van der Waals surface area contributed by atoms with Crippen molar-refractivity contribution >= 4 is 11.6 Å². The van der Waals surface area contributed by atoms with E-state index < -0.39 is 22.5 Å². The third-order valence-corrected chi connectivity index (χ3v) is 2.36. The second-order valence-corrected chi connectivity index (χ2v) is 3.81. The molecule has 0 unspecified atom stereocenters. The third kappa shape index (κ3) is 2.84. The largest absolute Gasteiger partial charge is 0.433 e. The van der Waals surface area contributed by atoms with Crippen LogP contribution in [0.1, 0.15) is 17.1 Å². The summed E-state index contributed by atoms with van der Waals surface area (Å²) >= 11 is 0. The topological polar surface area (TPSA) is 108 Å². The molecule has 0 bridgehead atoms. The number of pyridine rings is 1. The van der Waals surface area contributed by atoms with Gasteiger partial charge in [-0.15, -0.1) is 0 Å². The SMILES string of the molecule is Nc1cc(Cc2nc(C(F)(F)F)ccc2[N+](=O)[O-])no1. The predicted octanol–water partition coefficient (Wildman–Crippen LogP) is 2.17. The van der Waals surface area contributed by atoms with Crippen molar-refractivity contribution < 1.29 is 22.6 Å². The van der Waals surface area contributed by atoms with Crippen LogP contribution in [0.3, 0.4) is 0 Å². The van der Waals surface area contributed by atoms with Crippen LogP contribution in [0.25, 0.3) is 0 Å². The molecule has 0 radical (unpaired) electrons. The summed E-state index contributed by atoms with van der Waals surface area (Å²) < 4.78 is 42.2. The Morgan fingerprint density at radius 3 is 2.60 bits per heavy atom. The minimum absolute atomic E-state index is 0.0466. The van der Waals surface area contributed by atoms with Crippen molar-refractivity contribution in [1.29, 1.82) is 0 Å². The van der Waals surface area contributed by atoms with E-state index in [1.165, 1.54) is 6.07 Å². The molecule has 20 heavy (non-hydrogen) atoms. The van der Waals surface area contributed by atoms with Gasteiger partial charge in [-0.1, -0.05) is 5.16 Å². The highest BCUT2D eigenvalue weighted by molar-refractivity contribution is 5.40. The molecule has 0 aliphatic carbocycles. The molecule has 0 atom stereocenters. The first-order valence-corrected chi connectivity index (χ1v) is 5.20. The van der Waals surface area contributed by atoms with E-state index in [0.717, 1.165) is 6.07 Å². The Morgan fingerprint density at radius 2 is 2.10 bits per heavy atom. The lowest BCUT2D eigenvalue weighted by atomic mass is 10.1. The monoisotopic (exact) mass is 288 g/mol. The fourth-order valence-electron chi connectivity index (χ4n) is 1.53. The quantitative estimate of drug-likeness (QED) is 0.684. The summed E-state index contributed by atoms with van der Waals surface area (Å²) in [5, 5.41) is 14.3. The lowest BCUT2D eigenvalue weighted by Crippen LogP contribution is -2.11. The van der Waals surface area contributed by atoms with E-state index in [9.17, 15) is 23.3 Å². The van der Waals surface area contributed by atoms with Gasteiger partial charge < -0.3 is 10.3 Å². The number of alkyl halides is 3. The molecule has 0 saturated heterocycles. The summed E-state index contributed by atoms with van der Waals surface area (Å²) in [4.78, 5) is 13.3. The van der Waals surface area contributed by atoms with Crippen LogP contribution in [0.5, 0.6) is 0 Å². The van der Waals surface area contributed by atoms with Gasteiger partial charge in [0, 0.05) is 18.6 Å². The molecule has 10 heteroatoms. The third-order valence-electron chi connectivity index (χ3n) is 2.36. The Hall–Kier alpha value is -2.65. The van der Waals surface area contributed by atoms with Crippen LogP contribution in [0.15, 0.2) is 22.7 Å². The number of nitrogens with two attached hydrogens (primary N) is 1. The summed E-state index contributed by atoms with van der Waals surface area (Å²) in [6.07, 6.45) is -4.98. The Labute approximate surface area is 109 Å². The molecule has 106 valence electrons. The molecule has 0 aliphatic heterocycles. The van der Waals surface area contributed by atoms with Gasteiger partial charge in [-0.05, 0) is 6.07 Å². The molecule has 0 aromatic carbocycles. The number of hydrogen-bond acceptors (Lipinski definition) is 6. The number of nitro groups is 1. The first-order valence-electron chi connectivity index (χ1n) is 5.20. The van der Waals surface area contributed by atoms with E-state index in [2.05, 4.69) is 14.7 Å². The maximum Gasteiger partial charge on any atom is 0.433 e. The molecule has 0 aliphatic rings. The summed E-state index contributed by atoms with van der Waals surface area (Å²) in [6, 6.07) is 2.57. The van der Waals surface area contributed by atoms with E-state index in [1.54, 1.807) is 0 Å². The molecule has 2 aromatic heterocycles. The predicted molar refractivity (Wildman–Crippen MR) is 59.6 cm³/mol.